The third-order valence-electron chi connectivity index (χ3n) is 1.85. The maximum atomic E-state index is 6.25. The summed E-state index contributed by atoms with van der Waals surface area (Å²) >= 11 is 3.62. The van der Waals surface area contributed by atoms with Gasteiger partial charge in [0, 0.05) is 13.2 Å². The van der Waals surface area contributed by atoms with E-state index in [2.05, 4.69) is 33.6 Å². The summed E-state index contributed by atoms with van der Waals surface area (Å²) in [7, 11) is 0. The molecular formula is C10H17CuINO2Zn. The molecule has 94 valence electrons. The molecule has 0 saturated carbocycles. The van der Waals surface area contributed by atoms with Gasteiger partial charge in [-0.1, -0.05) is 13.3 Å². The second kappa shape index (κ2) is 18.6. The molecule has 0 amide bonds. The van der Waals surface area contributed by atoms with Crippen LogP contribution in [0.5, 0.6) is 0 Å². The van der Waals surface area contributed by atoms with E-state index in [0.717, 1.165) is 26.1 Å². The average Bonchev–Trinajstić information content (AvgIpc) is 2.71. The fourth-order valence-corrected chi connectivity index (χ4v) is 1.13. The van der Waals surface area contributed by atoms with Crippen LogP contribution in [0.15, 0.2) is 0 Å². The topological polar surface area (TPSA) is 42.2 Å². The number of nitrogens with zero attached hydrogens (tertiary/aromatic N) is 1. The second-order valence-electron chi connectivity index (χ2n) is 3.09. The summed E-state index contributed by atoms with van der Waals surface area (Å²) in [5.41, 5.74) is 0. The van der Waals surface area contributed by atoms with Crippen molar-refractivity contribution in [2.45, 2.75) is 32.5 Å². The van der Waals surface area contributed by atoms with Crippen molar-refractivity contribution in [1.82, 2.24) is 0 Å². The van der Waals surface area contributed by atoms with Crippen molar-refractivity contribution in [2.75, 3.05) is 13.2 Å². The SMILES string of the molecule is [C-]#N.[CH2-][C@@H]1CO[C@@H](OCCCC)C1.[Cu+].[Zn+][I]. The first-order valence-corrected chi connectivity index (χ1v) is 13.9. The summed E-state index contributed by atoms with van der Waals surface area (Å²) < 4.78 is 10.8. The van der Waals surface area contributed by atoms with Crippen LogP contribution in [0.1, 0.15) is 26.2 Å². The van der Waals surface area contributed by atoms with Crippen molar-refractivity contribution < 1.29 is 41.3 Å². The van der Waals surface area contributed by atoms with Crippen molar-refractivity contribution in [2.24, 2.45) is 5.92 Å². The van der Waals surface area contributed by atoms with Crippen molar-refractivity contribution in [3.05, 3.63) is 13.5 Å². The van der Waals surface area contributed by atoms with Crippen LogP contribution in [0, 0.1) is 24.7 Å². The monoisotopic (exact) mass is 437 g/mol. The summed E-state index contributed by atoms with van der Waals surface area (Å²) in [5.74, 6) is 0.432. The Labute approximate surface area is 130 Å². The number of halogens is 1. The van der Waals surface area contributed by atoms with Gasteiger partial charge >= 0.3 is 51.6 Å². The third-order valence-corrected chi connectivity index (χ3v) is 1.85. The van der Waals surface area contributed by atoms with Crippen molar-refractivity contribution >= 4 is 19.8 Å². The Morgan fingerprint density at radius 3 is 2.50 bits per heavy atom. The molecule has 1 aliphatic rings. The average molecular weight is 439 g/mol. The Morgan fingerprint density at radius 1 is 1.56 bits per heavy atom. The summed E-state index contributed by atoms with van der Waals surface area (Å²) in [5, 5.41) is 6.25. The van der Waals surface area contributed by atoms with E-state index in [1.165, 1.54) is 21.2 Å². The number of hydrogen-bond acceptors (Lipinski definition) is 3. The van der Waals surface area contributed by atoms with Crippen LogP contribution < -0.4 is 0 Å². The first-order chi connectivity index (χ1) is 7.33. The molecule has 0 bridgehead atoms. The van der Waals surface area contributed by atoms with Gasteiger partial charge in [0.1, 0.15) is 0 Å². The van der Waals surface area contributed by atoms with Gasteiger partial charge in [-0.2, -0.15) is 0 Å². The molecule has 16 heavy (non-hydrogen) atoms. The van der Waals surface area contributed by atoms with E-state index in [1.807, 2.05) is 0 Å². The second-order valence-corrected chi connectivity index (χ2v) is 3.09. The van der Waals surface area contributed by atoms with Gasteiger partial charge in [0.05, 0.1) is 0 Å². The molecule has 0 spiro atoms. The fraction of sp³-hybridized carbons (Fsp3) is 0.800. The molecular weight excluding hydrogens is 422 g/mol. The van der Waals surface area contributed by atoms with Crippen LogP contribution in [-0.4, -0.2) is 19.5 Å². The van der Waals surface area contributed by atoms with Gasteiger partial charge in [-0.3, -0.25) is 0 Å². The number of unbranched alkanes of at least 4 members (excludes halogenated alkanes) is 1. The molecule has 1 saturated heterocycles. The molecule has 0 aromatic rings. The Bertz CT molecular complexity index is 152. The van der Waals surface area contributed by atoms with Crippen LogP contribution in [0.4, 0.5) is 0 Å². The number of ether oxygens (including phenoxy) is 2. The van der Waals surface area contributed by atoms with Crippen LogP contribution >= 0.6 is 19.8 Å². The van der Waals surface area contributed by atoms with Crippen LogP contribution in [0.2, 0.25) is 0 Å². The van der Waals surface area contributed by atoms with Crippen LogP contribution in [0.25, 0.3) is 0 Å². The van der Waals surface area contributed by atoms with E-state index in [1.54, 1.807) is 0 Å². The molecule has 3 nitrogen and oxygen atoms in total. The quantitative estimate of drug-likeness (QED) is 0.293. The van der Waals surface area contributed by atoms with Gasteiger partial charge < -0.3 is 28.2 Å². The summed E-state index contributed by atoms with van der Waals surface area (Å²) in [4.78, 5) is 0. The number of rotatable bonds is 4. The van der Waals surface area contributed by atoms with E-state index in [4.69, 9.17) is 21.3 Å². The fourth-order valence-electron chi connectivity index (χ4n) is 1.13. The molecule has 2 atom stereocenters. The van der Waals surface area contributed by atoms with Gasteiger partial charge in [-0.25, -0.2) is 0 Å². The van der Waals surface area contributed by atoms with Gasteiger partial charge in [0.25, 0.3) is 0 Å². The van der Waals surface area contributed by atoms with Gasteiger partial charge in [-0.05, 0) is 12.8 Å². The Balaban J connectivity index is -0.000000305. The molecule has 1 fully saturated rings. The normalized spacial score (nSPS) is 21.9. The summed E-state index contributed by atoms with van der Waals surface area (Å²) in [6.45, 7) is 12.4. The molecule has 1 rings (SSSR count). The minimum atomic E-state index is 0. The minimum absolute atomic E-state index is 0. The standard InChI is InChI=1S/C9H17O2.CN.Cu.HI.Zn/c1-3-4-5-10-9-6-8(2)7-11-9;1-2;;;/h8-9H,2-7H2,1H3;;;1H;/q2*-1;+1;;+2/p-1/t8-,9+;;;;/m0..../s1. The zero-order chi connectivity index (χ0) is 12.1. The Morgan fingerprint density at radius 2 is 2.12 bits per heavy atom. The first kappa shape index (κ1) is 22.5. The van der Waals surface area contributed by atoms with Gasteiger partial charge in [-0.15, -0.1) is 5.92 Å². The molecule has 0 aromatic heterocycles. The first-order valence-electron chi connectivity index (χ1n) is 4.88. The zero-order valence-electron chi connectivity index (χ0n) is 9.55. The third kappa shape index (κ3) is 13.3. The van der Waals surface area contributed by atoms with E-state index < -0.39 is 0 Å². The molecule has 1 aliphatic heterocycles. The molecule has 6 heteroatoms. The van der Waals surface area contributed by atoms with Crippen LogP contribution in [-0.2, 0) is 41.3 Å². The number of hydrogen-bond donors (Lipinski definition) is 0. The summed E-state index contributed by atoms with van der Waals surface area (Å²) in [6.07, 6.45) is 3.30. The Kier molecular flexibility index (Phi) is 26.2. The van der Waals surface area contributed by atoms with Crippen molar-refractivity contribution in [3.63, 3.8) is 0 Å². The molecule has 0 aliphatic carbocycles. The molecule has 0 N–H and O–H groups in total. The van der Waals surface area contributed by atoms with Crippen molar-refractivity contribution in [1.29, 1.82) is 5.26 Å². The van der Waals surface area contributed by atoms with E-state index in [-0.39, 0.29) is 23.4 Å². The van der Waals surface area contributed by atoms with E-state index in [0.29, 0.717) is 5.92 Å². The van der Waals surface area contributed by atoms with Gasteiger partial charge in [0.2, 0.25) is 0 Å². The van der Waals surface area contributed by atoms with Crippen molar-refractivity contribution in [3.8, 4) is 0 Å². The predicted octanol–water partition coefficient (Wildman–Crippen LogP) is 2.98. The van der Waals surface area contributed by atoms with E-state index >= 15 is 0 Å². The Hall–Kier alpha value is 1.28. The summed E-state index contributed by atoms with van der Waals surface area (Å²) in [6, 6.07) is 0. The molecule has 0 radical (unpaired) electrons. The molecule has 0 unspecified atom stereocenters. The zero-order valence-corrected chi connectivity index (χ0v) is 15.6. The maximum absolute atomic E-state index is 6.25. The molecule has 0 aromatic carbocycles. The van der Waals surface area contributed by atoms with Crippen LogP contribution in [0.3, 0.4) is 0 Å². The van der Waals surface area contributed by atoms with Gasteiger partial charge in [0.15, 0.2) is 6.29 Å². The predicted molar refractivity (Wildman–Crippen MR) is 63.1 cm³/mol. The van der Waals surface area contributed by atoms with E-state index in [9.17, 15) is 0 Å². The molecule has 1 heterocycles.